The van der Waals surface area contributed by atoms with Gasteiger partial charge in [-0.2, -0.15) is 0 Å². The molecule has 0 fully saturated rings. The summed E-state index contributed by atoms with van der Waals surface area (Å²) in [6.07, 6.45) is 0.990. The van der Waals surface area contributed by atoms with E-state index in [4.69, 9.17) is 0 Å². The number of phenolic OH excluding ortho intramolecular Hbond substituents is 2. The Bertz CT molecular complexity index is 656. The Morgan fingerprint density at radius 3 is 2.05 bits per heavy atom. The van der Waals surface area contributed by atoms with Gasteiger partial charge in [0.1, 0.15) is 11.5 Å². The normalized spacial score (nSPS) is 23.6. The first-order chi connectivity index (χ1) is 9.33. The predicted molar refractivity (Wildman–Crippen MR) is 80.3 cm³/mol. The van der Waals surface area contributed by atoms with Crippen molar-refractivity contribution in [1.82, 2.24) is 0 Å². The number of fused-ring (bicyclic) bond motifs is 1. The van der Waals surface area contributed by atoms with Crippen LogP contribution in [0.4, 0.5) is 0 Å². The van der Waals surface area contributed by atoms with Crippen molar-refractivity contribution in [1.29, 1.82) is 0 Å². The van der Waals surface area contributed by atoms with Crippen LogP contribution in [0.5, 0.6) is 11.5 Å². The van der Waals surface area contributed by atoms with Crippen molar-refractivity contribution >= 4 is 0 Å². The summed E-state index contributed by atoms with van der Waals surface area (Å²) in [5.74, 6) is 0.595. The van der Waals surface area contributed by atoms with Gasteiger partial charge in [0.2, 0.25) is 0 Å². The summed E-state index contributed by atoms with van der Waals surface area (Å²) in [7, 11) is 0. The number of aromatic hydroxyl groups is 2. The van der Waals surface area contributed by atoms with Gasteiger partial charge in [-0.3, -0.25) is 0 Å². The molecular weight excluding hydrogens is 248 g/mol. The number of phenols is 2. The number of hydrogen-bond donors (Lipinski definition) is 2. The van der Waals surface area contributed by atoms with Crippen LogP contribution in [0.3, 0.4) is 0 Å². The molecular formula is C18H20O2. The van der Waals surface area contributed by atoms with Crippen molar-refractivity contribution in [3.8, 4) is 11.5 Å². The highest BCUT2D eigenvalue weighted by molar-refractivity contribution is 5.54. The number of rotatable bonds is 1. The van der Waals surface area contributed by atoms with Crippen LogP contribution in [-0.4, -0.2) is 10.2 Å². The van der Waals surface area contributed by atoms with E-state index < -0.39 is 0 Å². The summed E-state index contributed by atoms with van der Waals surface area (Å²) in [4.78, 5) is 0. The Balaban J connectivity index is 2.21. The molecule has 0 heterocycles. The molecule has 2 aromatic carbocycles. The lowest BCUT2D eigenvalue weighted by Gasteiger charge is -2.28. The summed E-state index contributed by atoms with van der Waals surface area (Å²) in [5, 5.41) is 19.3. The Kier molecular flexibility index (Phi) is 2.62. The molecule has 0 saturated carbocycles. The molecule has 1 atom stereocenters. The maximum atomic E-state index is 9.85. The first kappa shape index (κ1) is 13.0. The zero-order valence-electron chi connectivity index (χ0n) is 12.1. The van der Waals surface area contributed by atoms with Gasteiger partial charge in [0.25, 0.3) is 0 Å². The van der Waals surface area contributed by atoms with Gasteiger partial charge in [-0.15, -0.1) is 0 Å². The molecule has 0 amide bonds. The van der Waals surface area contributed by atoms with E-state index in [-0.39, 0.29) is 16.6 Å². The molecule has 3 rings (SSSR count). The first-order valence-electron chi connectivity index (χ1n) is 6.96. The average molecular weight is 268 g/mol. The first-order valence-corrected chi connectivity index (χ1v) is 6.96. The molecule has 0 aliphatic heterocycles. The summed E-state index contributed by atoms with van der Waals surface area (Å²) < 4.78 is 0. The van der Waals surface area contributed by atoms with Crippen molar-refractivity contribution in [2.75, 3.05) is 0 Å². The van der Waals surface area contributed by atoms with E-state index in [0.717, 1.165) is 6.42 Å². The predicted octanol–water partition coefficient (Wildman–Crippen LogP) is 4.09. The Morgan fingerprint density at radius 1 is 0.800 bits per heavy atom. The second kappa shape index (κ2) is 4.02. The van der Waals surface area contributed by atoms with Crippen LogP contribution < -0.4 is 0 Å². The molecule has 2 aromatic rings. The van der Waals surface area contributed by atoms with Crippen LogP contribution in [0.15, 0.2) is 42.5 Å². The van der Waals surface area contributed by atoms with Gasteiger partial charge >= 0.3 is 0 Å². The van der Waals surface area contributed by atoms with Crippen LogP contribution in [0.1, 0.15) is 43.9 Å². The van der Waals surface area contributed by atoms with Crippen molar-refractivity contribution in [3.05, 3.63) is 59.2 Å². The molecule has 0 spiro atoms. The third-order valence-corrected chi connectivity index (χ3v) is 4.63. The number of benzene rings is 2. The monoisotopic (exact) mass is 268 g/mol. The van der Waals surface area contributed by atoms with Crippen LogP contribution >= 0.6 is 0 Å². The van der Waals surface area contributed by atoms with E-state index in [1.807, 2.05) is 24.3 Å². The molecule has 20 heavy (non-hydrogen) atoms. The standard InChI is InChI=1S/C18H20O2/c1-17(2)11-18(3,12-4-6-13(19)7-5-12)16-10-14(20)8-9-15(16)17/h4-10,19-20H,11H2,1-3H3. The maximum absolute atomic E-state index is 9.85. The summed E-state index contributed by atoms with van der Waals surface area (Å²) in [6, 6.07) is 13.1. The second-order valence-corrected chi connectivity index (χ2v) is 6.67. The lowest BCUT2D eigenvalue weighted by atomic mass is 9.75. The van der Waals surface area contributed by atoms with E-state index in [1.165, 1.54) is 16.7 Å². The summed E-state index contributed by atoms with van der Waals surface area (Å²) in [5.41, 5.74) is 3.60. The minimum Gasteiger partial charge on any atom is -0.508 e. The topological polar surface area (TPSA) is 40.5 Å². The van der Waals surface area contributed by atoms with Crippen molar-refractivity contribution in [3.63, 3.8) is 0 Å². The summed E-state index contributed by atoms with van der Waals surface area (Å²) in [6.45, 7) is 6.70. The molecule has 104 valence electrons. The Hall–Kier alpha value is -1.96. The molecule has 2 nitrogen and oxygen atoms in total. The van der Waals surface area contributed by atoms with E-state index in [1.54, 1.807) is 18.2 Å². The fraction of sp³-hybridized carbons (Fsp3) is 0.333. The highest BCUT2D eigenvalue weighted by Gasteiger charge is 2.45. The van der Waals surface area contributed by atoms with Crippen molar-refractivity contribution in [2.24, 2.45) is 0 Å². The molecule has 2 N–H and O–H groups in total. The van der Waals surface area contributed by atoms with Gasteiger partial charge in [-0.1, -0.05) is 39.0 Å². The highest BCUT2D eigenvalue weighted by Crippen LogP contribution is 2.53. The van der Waals surface area contributed by atoms with Crippen LogP contribution in [0.2, 0.25) is 0 Å². The van der Waals surface area contributed by atoms with Gasteiger partial charge in [0.15, 0.2) is 0 Å². The van der Waals surface area contributed by atoms with Crippen LogP contribution in [0, 0.1) is 0 Å². The van der Waals surface area contributed by atoms with Gasteiger partial charge < -0.3 is 10.2 Å². The summed E-state index contributed by atoms with van der Waals surface area (Å²) >= 11 is 0. The lowest BCUT2D eigenvalue weighted by molar-refractivity contribution is 0.423. The SMILES string of the molecule is CC1(C)CC(C)(c2ccc(O)cc2)c2cc(O)ccc21. The molecule has 0 aromatic heterocycles. The van der Waals surface area contributed by atoms with E-state index in [2.05, 4.69) is 20.8 Å². The third-order valence-electron chi connectivity index (χ3n) is 4.63. The third kappa shape index (κ3) is 1.79. The van der Waals surface area contributed by atoms with Gasteiger partial charge in [0, 0.05) is 5.41 Å². The maximum Gasteiger partial charge on any atom is 0.115 e. The highest BCUT2D eigenvalue weighted by atomic mass is 16.3. The van der Waals surface area contributed by atoms with E-state index >= 15 is 0 Å². The van der Waals surface area contributed by atoms with Gasteiger partial charge in [-0.05, 0) is 52.8 Å². The molecule has 1 aliphatic rings. The second-order valence-electron chi connectivity index (χ2n) is 6.67. The molecule has 0 bridgehead atoms. The quantitative estimate of drug-likeness (QED) is 0.818. The van der Waals surface area contributed by atoms with Crippen LogP contribution in [0.25, 0.3) is 0 Å². The Morgan fingerprint density at radius 2 is 1.40 bits per heavy atom. The van der Waals surface area contributed by atoms with E-state index in [0.29, 0.717) is 5.75 Å². The van der Waals surface area contributed by atoms with Crippen molar-refractivity contribution in [2.45, 2.75) is 38.0 Å². The van der Waals surface area contributed by atoms with E-state index in [9.17, 15) is 10.2 Å². The zero-order chi connectivity index (χ0) is 14.5. The zero-order valence-corrected chi connectivity index (χ0v) is 12.1. The largest absolute Gasteiger partial charge is 0.508 e. The molecule has 0 radical (unpaired) electrons. The molecule has 1 unspecified atom stereocenters. The fourth-order valence-corrected chi connectivity index (χ4v) is 3.74. The molecule has 0 saturated heterocycles. The molecule has 1 aliphatic carbocycles. The minimum atomic E-state index is -0.134. The molecule has 2 heteroatoms. The fourth-order valence-electron chi connectivity index (χ4n) is 3.74. The Labute approximate surface area is 119 Å². The van der Waals surface area contributed by atoms with Crippen molar-refractivity contribution < 1.29 is 10.2 Å². The van der Waals surface area contributed by atoms with Gasteiger partial charge in [0.05, 0.1) is 0 Å². The van der Waals surface area contributed by atoms with Crippen LogP contribution in [-0.2, 0) is 10.8 Å². The number of hydrogen-bond acceptors (Lipinski definition) is 2. The van der Waals surface area contributed by atoms with Gasteiger partial charge in [-0.25, -0.2) is 0 Å². The smallest absolute Gasteiger partial charge is 0.115 e. The average Bonchev–Trinajstić information content (AvgIpc) is 2.58. The lowest BCUT2D eigenvalue weighted by Crippen LogP contribution is -2.23. The minimum absolute atomic E-state index is 0.0790.